The minimum Gasteiger partial charge on any atom is -0.411 e. The van der Waals surface area contributed by atoms with E-state index in [2.05, 4.69) is 15.5 Å². The number of aliphatic hydroxyl groups excluding tert-OH is 1. The number of urea groups is 1. The van der Waals surface area contributed by atoms with Crippen LogP contribution in [0.15, 0.2) is 70.0 Å². The number of hydrogen-bond acceptors (Lipinski definition) is 10. The van der Waals surface area contributed by atoms with Crippen LogP contribution in [0, 0.1) is 11.8 Å². The first-order chi connectivity index (χ1) is 23.8. The lowest BCUT2D eigenvalue weighted by Gasteiger charge is -2.34. The van der Waals surface area contributed by atoms with Gasteiger partial charge in [-0.3, -0.25) is 4.79 Å². The monoisotopic (exact) mass is 728 g/mol. The first kappa shape index (κ1) is 38.9. The van der Waals surface area contributed by atoms with Crippen molar-refractivity contribution in [2.45, 2.75) is 70.4 Å². The van der Waals surface area contributed by atoms with Crippen LogP contribution in [0.2, 0.25) is 0 Å². The lowest BCUT2D eigenvalue weighted by atomic mass is 9.97. The summed E-state index contributed by atoms with van der Waals surface area (Å²) in [5.74, 6) is -0.742. The van der Waals surface area contributed by atoms with Crippen molar-refractivity contribution in [2.75, 3.05) is 33.3 Å². The van der Waals surface area contributed by atoms with E-state index >= 15 is 0 Å². The third-order valence-electron chi connectivity index (χ3n) is 8.36. The van der Waals surface area contributed by atoms with E-state index in [0.717, 1.165) is 16.3 Å². The Bertz CT molecular complexity index is 1680. The molecular weight excluding hydrogens is 681 g/mol. The fraction of sp³-hybridized carbons (Fsp3) is 0.486. The molecule has 0 spiro atoms. The van der Waals surface area contributed by atoms with E-state index in [-0.39, 0.29) is 42.3 Å². The number of aromatic nitrogens is 1. The normalized spacial score (nSPS) is 15.8. The molecule has 1 saturated heterocycles. The number of sulfonamides is 1. The van der Waals surface area contributed by atoms with E-state index in [9.17, 15) is 23.1 Å². The number of benzene rings is 2. The Morgan fingerprint density at radius 2 is 1.80 bits per heavy atom. The van der Waals surface area contributed by atoms with Gasteiger partial charge in [-0.2, -0.15) is 4.31 Å². The van der Waals surface area contributed by atoms with Crippen LogP contribution in [0.1, 0.15) is 49.5 Å². The number of oxime groups is 1. The minimum absolute atomic E-state index is 0.0219. The van der Waals surface area contributed by atoms with Crippen LogP contribution < -0.4 is 5.32 Å². The molecule has 3 amide bonds. The van der Waals surface area contributed by atoms with Crippen molar-refractivity contribution in [1.29, 1.82) is 0 Å². The van der Waals surface area contributed by atoms with Gasteiger partial charge in [0.05, 0.1) is 42.1 Å². The second kappa shape index (κ2) is 17.9. The van der Waals surface area contributed by atoms with Gasteiger partial charge in [-0.05, 0) is 41.5 Å². The van der Waals surface area contributed by atoms with E-state index in [4.69, 9.17) is 9.94 Å². The topological polar surface area (TPSA) is 165 Å². The molecule has 2 aromatic carbocycles. The Labute approximate surface area is 298 Å². The van der Waals surface area contributed by atoms with Crippen molar-refractivity contribution in [1.82, 2.24) is 24.4 Å². The third kappa shape index (κ3) is 10.1. The Morgan fingerprint density at radius 3 is 2.42 bits per heavy atom. The van der Waals surface area contributed by atoms with Gasteiger partial charge >= 0.3 is 6.03 Å². The zero-order valence-corrected chi connectivity index (χ0v) is 30.8. The van der Waals surface area contributed by atoms with Crippen molar-refractivity contribution in [3.63, 3.8) is 0 Å². The number of methoxy groups -OCH3 is 1. The highest BCUT2D eigenvalue weighted by Crippen LogP contribution is 2.23. The fourth-order valence-electron chi connectivity index (χ4n) is 5.99. The first-order valence-electron chi connectivity index (χ1n) is 16.6. The smallest absolute Gasteiger partial charge is 0.321 e. The molecule has 3 atom stereocenters. The Kier molecular flexibility index (Phi) is 13.9. The van der Waals surface area contributed by atoms with Gasteiger partial charge in [0.25, 0.3) is 0 Å². The van der Waals surface area contributed by atoms with Crippen molar-refractivity contribution >= 4 is 39.5 Å². The molecule has 1 fully saturated rings. The SMILES string of the molecule is COCc1nc(CN2CCN([C@H](C(=O)N[C@@H](Cc3ccccc3)[C@H](O)CN(CC(C)C)S(=O)(=O)c3ccc(/C=N/O)cc3)C(C)C)C2=O)cs1. The number of thiazole rings is 1. The van der Waals surface area contributed by atoms with Crippen LogP contribution in [0.3, 0.4) is 0 Å². The Hall–Kier alpha value is -3.89. The summed E-state index contributed by atoms with van der Waals surface area (Å²) in [5, 5.41) is 29.3. The average Bonchev–Trinajstić information content (AvgIpc) is 3.67. The summed E-state index contributed by atoms with van der Waals surface area (Å²) in [6.07, 6.45) is 0.134. The van der Waals surface area contributed by atoms with Gasteiger partial charge < -0.3 is 30.2 Å². The van der Waals surface area contributed by atoms with E-state index in [1.807, 2.05) is 63.4 Å². The number of hydrogen-bond donors (Lipinski definition) is 3. The van der Waals surface area contributed by atoms with E-state index in [1.165, 1.54) is 46.1 Å². The molecule has 15 heteroatoms. The van der Waals surface area contributed by atoms with Crippen LogP contribution in [0.5, 0.6) is 0 Å². The van der Waals surface area contributed by atoms with Gasteiger partial charge in [0, 0.05) is 38.7 Å². The molecule has 3 aromatic rings. The molecule has 50 heavy (non-hydrogen) atoms. The number of carbonyl (C=O) groups excluding carboxylic acids is 2. The summed E-state index contributed by atoms with van der Waals surface area (Å²) in [4.78, 5) is 35.5. The Balaban J connectivity index is 1.55. The zero-order valence-electron chi connectivity index (χ0n) is 29.2. The summed E-state index contributed by atoms with van der Waals surface area (Å²) >= 11 is 1.47. The highest BCUT2D eigenvalue weighted by molar-refractivity contribution is 7.89. The van der Waals surface area contributed by atoms with Gasteiger partial charge in [0.15, 0.2) is 0 Å². The number of rotatable bonds is 18. The molecule has 1 aliphatic heterocycles. The Morgan fingerprint density at radius 1 is 1.10 bits per heavy atom. The zero-order chi connectivity index (χ0) is 36.4. The number of nitrogens with one attached hydrogen (secondary N) is 1. The van der Waals surface area contributed by atoms with Crippen molar-refractivity contribution in [3.8, 4) is 0 Å². The number of amides is 3. The summed E-state index contributed by atoms with van der Waals surface area (Å²) in [6, 6.07) is 13.3. The predicted molar refractivity (Wildman–Crippen MR) is 191 cm³/mol. The van der Waals surface area contributed by atoms with Crippen molar-refractivity contribution < 1.29 is 33.1 Å². The van der Waals surface area contributed by atoms with E-state index < -0.39 is 34.1 Å². The number of nitrogens with zero attached hydrogens (tertiary/aromatic N) is 5. The molecule has 272 valence electrons. The second-order valence-corrected chi connectivity index (χ2v) is 16.0. The van der Waals surface area contributed by atoms with Crippen LogP contribution in [0.4, 0.5) is 4.79 Å². The van der Waals surface area contributed by atoms with Gasteiger partial charge in [-0.1, -0.05) is 75.3 Å². The van der Waals surface area contributed by atoms with Crippen LogP contribution in [0.25, 0.3) is 0 Å². The maximum Gasteiger partial charge on any atom is 0.321 e. The largest absolute Gasteiger partial charge is 0.411 e. The maximum absolute atomic E-state index is 14.1. The summed E-state index contributed by atoms with van der Waals surface area (Å²) in [6.45, 7) is 8.84. The quantitative estimate of drug-likeness (QED) is 0.101. The molecule has 1 aliphatic rings. The molecule has 3 N–H and O–H groups in total. The van der Waals surface area contributed by atoms with Crippen LogP contribution in [-0.2, 0) is 39.1 Å². The van der Waals surface area contributed by atoms with Gasteiger partial charge in [-0.15, -0.1) is 11.3 Å². The molecule has 4 rings (SSSR count). The van der Waals surface area contributed by atoms with Crippen LogP contribution >= 0.6 is 11.3 Å². The average molecular weight is 729 g/mol. The first-order valence-corrected chi connectivity index (χ1v) is 18.9. The molecular formula is C35H48N6O7S2. The van der Waals surface area contributed by atoms with Gasteiger partial charge in [0.1, 0.15) is 11.0 Å². The van der Waals surface area contributed by atoms with Gasteiger partial charge in [-0.25, -0.2) is 18.2 Å². The van der Waals surface area contributed by atoms with E-state index in [1.54, 1.807) is 16.9 Å². The molecule has 0 radical (unpaired) electrons. The van der Waals surface area contributed by atoms with Gasteiger partial charge in [0.2, 0.25) is 15.9 Å². The van der Waals surface area contributed by atoms with Crippen LogP contribution in [-0.4, -0.2) is 107 Å². The number of ether oxygens (including phenoxy) is 1. The summed E-state index contributed by atoms with van der Waals surface area (Å²) in [7, 11) is -2.46. The molecule has 13 nitrogen and oxygen atoms in total. The standard InChI is InChI=1S/C35H48N6O7S2/c1-24(2)19-40(50(46,47)29-13-11-27(12-14-29)18-36-45)21-31(42)30(17-26-9-7-6-8-10-26)38-34(43)33(25(3)4)41-16-15-39(35(41)44)20-28-23-49-32(37-28)22-48-5/h6-14,18,23-25,30-31,33,42,45H,15-17,19-22H2,1-5H3,(H,38,43)/b36-18+/t30-,31+,33-/m0/s1. The molecule has 2 heterocycles. The van der Waals surface area contributed by atoms with Crippen molar-refractivity contribution in [2.24, 2.45) is 17.0 Å². The highest BCUT2D eigenvalue weighted by Gasteiger charge is 2.40. The number of aliphatic hydroxyl groups is 1. The van der Waals surface area contributed by atoms with E-state index in [0.29, 0.717) is 31.8 Å². The fourth-order valence-corrected chi connectivity index (χ4v) is 8.37. The lowest BCUT2D eigenvalue weighted by molar-refractivity contribution is -0.128. The minimum atomic E-state index is -4.06. The molecule has 0 saturated carbocycles. The molecule has 1 aromatic heterocycles. The maximum atomic E-state index is 14.1. The highest BCUT2D eigenvalue weighted by atomic mass is 32.2. The molecule has 0 aliphatic carbocycles. The summed E-state index contributed by atoms with van der Waals surface area (Å²) < 4.78 is 34.1. The van der Waals surface area contributed by atoms with Crippen molar-refractivity contribution in [3.05, 3.63) is 81.8 Å². The predicted octanol–water partition coefficient (Wildman–Crippen LogP) is 3.80. The molecule has 0 bridgehead atoms. The molecule has 0 unspecified atom stereocenters. The third-order valence-corrected chi connectivity index (χ3v) is 11.1. The second-order valence-electron chi connectivity index (χ2n) is 13.2. The number of carbonyl (C=O) groups is 2. The summed E-state index contributed by atoms with van der Waals surface area (Å²) in [5.41, 5.74) is 2.12. The lowest BCUT2D eigenvalue weighted by Crippen LogP contribution is -2.57.